The van der Waals surface area contributed by atoms with Gasteiger partial charge in [0.2, 0.25) is 5.91 Å². The van der Waals surface area contributed by atoms with E-state index in [1.807, 2.05) is 0 Å². The van der Waals surface area contributed by atoms with Crippen LogP contribution in [0, 0.1) is 0 Å². The van der Waals surface area contributed by atoms with Crippen LogP contribution in [0.1, 0.15) is 19.3 Å². The van der Waals surface area contributed by atoms with Crippen LogP contribution in [0.25, 0.3) is 0 Å². The van der Waals surface area contributed by atoms with Crippen LogP contribution in [0.2, 0.25) is 0 Å². The quantitative estimate of drug-likeness (QED) is 0.580. The van der Waals surface area contributed by atoms with Crippen molar-refractivity contribution >= 4 is 5.91 Å². The van der Waals surface area contributed by atoms with Gasteiger partial charge in [0, 0.05) is 18.7 Å². The molecule has 0 radical (unpaired) electrons. The lowest BCUT2D eigenvalue weighted by atomic mass is 10.2. The van der Waals surface area contributed by atoms with Gasteiger partial charge in [-0.1, -0.05) is 0 Å². The number of hydrogen-bond acceptors (Lipinski definition) is 3. The maximum atomic E-state index is 11.3. The van der Waals surface area contributed by atoms with E-state index in [9.17, 15) is 4.79 Å². The summed E-state index contributed by atoms with van der Waals surface area (Å²) in [4.78, 5) is 11.3. The summed E-state index contributed by atoms with van der Waals surface area (Å²) < 4.78 is 5.23. The first-order valence-electron chi connectivity index (χ1n) is 4.45. The number of amides is 1. The molecule has 1 saturated carbocycles. The molecule has 2 aliphatic rings. The summed E-state index contributed by atoms with van der Waals surface area (Å²) in [5.74, 6) is 0.0189. The molecule has 0 aromatic carbocycles. The van der Waals surface area contributed by atoms with Gasteiger partial charge < -0.3 is 15.8 Å². The molecule has 2 unspecified atom stereocenters. The summed E-state index contributed by atoms with van der Waals surface area (Å²) in [5.41, 5.74) is 5.56. The number of ether oxygens (including phenoxy) is 1. The van der Waals surface area contributed by atoms with Crippen molar-refractivity contribution in [3.05, 3.63) is 0 Å². The van der Waals surface area contributed by atoms with E-state index in [1.54, 1.807) is 0 Å². The van der Waals surface area contributed by atoms with E-state index >= 15 is 0 Å². The summed E-state index contributed by atoms with van der Waals surface area (Å²) in [7, 11) is 0. The molecule has 1 saturated heterocycles. The lowest BCUT2D eigenvalue weighted by molar-refractivity contribution is -0.130. The maximum absolute atomic E-state index is 11.3. The van der Waals surface area contributed by atoms with Crippen LogP contribution >= 0.6 is 0 Å². The maximum Gasteiger partial charge on any atom is 0.249 e. The van der Waals surface area contributed by atoms with Gasteiger partial charge >= 0.3 is 0 Å². The minimum Gasteiger partial charge on any atom is -0.368 e. The standard InChI is InChI=1S/C8H14N2O2/c9-5-4-6(5)10-8(11)7-2-1-3-12-7/h5-7H,1-4,9H2,(H,10,11)/t5?,6?,7-/m1/s1. The molecule has 2 fully saturated rings. The first kappa shape index (κ1) is 8.01. The Balaban J connectivity index is 1.76. The number of nitrogens with one attached hydrogen (secondary N) is 1. The second-order valence-electron chi connectivity index (χ2n) is 3.52. The molecule has 3 atom stereocenters. The van der Waals surface area contributed by atoms with E-state index in [2.05, 4.69) is 5.32 Å². The fraction of sp³-hybridized carbons (Fsp3) is 0.875. The van der Waals surface area contributed by atoms with Gasteiger partial charge in [0.1, 0.15) is 6.10 Å². The van der Waals surface area contributed by atoms with Gasteiger partial charge in [-0.3, -0.25) is 4.79 Å². The summed E-state index contributed by atoms with van der Waals surface area (Å²) in [6.45, 7) is 0.717. The van der Waals surface area contributed by atoms with Gasteiger partial charge in [-0.15, -0.1) is 0 Å². The average Bonchev–Trinajstić information content (AvgIpc) is 2.58. The van der Waals surface area contributed by atoms with E-state index in [0.29, 0.717) is 0 Å². The van der Waals surface area contributed by atoms with Crippen molar-refractivity contribution in [3.63, 3.8) is 0 Å². The number of carbonyl (C=O) groups excluding carboxylic acids is 1. The summed E-state index contributed by atoms with van der Waals surface area (Å²) >= 11 is 0. The lowest BCUT2D eigenvalue weighted by Crippen LogP contribution is -2.37. The van der Waals surface area contributed by atoms with E-state index in [-0.39, 0.29) is 24.1 Å². The smallest absolute Gasteiger partial charge is 0.249 e. The number of nitrogens with two attached hydrogens (primary N) is 1. The Morgan fingerprint density at radius 3 is 2.83 bits per heavy atom. The van der Waals surface area contributed by atoms with Crippen LogP contribution in [0.4, 0.5) is 0 Å². The van der Waals surface area contributed by atoms with Crippen molar-refractivity contribution in [2.75, 3.05) is 6.61 Å². The second-order valence-corrected chi connectivity index (χ2v) is 3.52. The molecule has 1 aliphatic heterocycles. The van der Waals surface area contributed by atoms with Crippen LogP contribution in [0.15, 0.2) is 0 Å². The molecular weight excluding hydrogens is 156 g/mol. The lowest BCUT2D eigenvalue weighted by Gasteiger charge is -2.09. The first-order valence-corrected chi connectivity index (χ1v) is 4.45. The van der Waals surface area contributed by atoms with Crippen LogP contribution in [-0.4, -0.2) is 30.7 Å². The highest BCUT2D eigenvalue weighted by atomic mass is 16.5. The predicted octanol–water partition coefficient (Wildman–Crippen LogP) is -0.619. The Bertz CT molecular complexity index is 189. The Morgan fingerprint density at radius 2 is 2.33 bits per heavy atom. The summed E-state index contributed by atoms with van der Waals surface area (Å²) in [6, 6.07) is 0.386. The highest BCUT2D eigenvalue weighted by molar-refractivity contribution is 5.81. The molecule has 1 aliphatic carbocycles. The van der Waals surface area contributed by atoms with Gasteiger partial charge in [-0.2, -0.15) is 0 Å². The number of hydrogen-bond donors (Lipinski definition) is 2. The fourth-order valence-electron chi connectivity index (χ4n) is 1.44. The van der Waals surface area contributed by atoms with Crippen molar-refractivity contribution < 1.29 is 9.53 Å². The molecule has 1 heterocycles. The molecule has 1 amide bonds. The van der Waals surface area contributed by atoms with Crippen molar-refractivity contribution in [2.24, 2.45) is 5.73 Å². The third-order valence-corrected chi connectivity index (χ3v) is 2.39. The number of rotatable bonds is 2. The fourth-order valence-corrected chi connectivity index (χ4v) is 1.44. The highest BCUT2D eigenvalue weighted by Gasteiger charge is 2.36. The monoisotopic (exact) mass is 170 g/mol. The molecule has 12 heavy (non-hydrogen) atoms. The zero-order valence-electron chi connectivity index (χ0n) is 6.95. The van der Waals surface area contributed by atoms with Crippen molar-refractivity contribution in [3.8, 4) is 0 Å². The van der Waals surface area contributed by atoms with Gasteiger partial charge in [0.05, 0.1) is 0 Å². The van der Waals surface area contributed by atoms with E-state index in [4.69, 9.17) is 10.5 Å². The van der Waals surface area contributed by atoms with Crippen LogP contribution < -0.4 is 11.1 Å². The van der Waals surface area contributed by atoms with Crippen LogP contribution in [-0.2, 0) is 9.53 Å². The van der Waals surface area contributed by atoms with Gasteiger partial charge in [0.25, 0.3) is 0 Å². The summed E-state index contributed by atoms with van der Waals surface area (Å²) in [5, 5.41) is 2.86. The Hall–Kier alpha value is -0.610. The third-order valence-electron chi connectivity index (χ3n) is 2.39. The largest absolute Gasteiger partial charge is 0.368 e. The van der Waals surface area contributed by atoms with Crippen LogP contribution in [0.5, 0.6) is 0 Å². The SMILES string of the molecule is NC1CC1NC(=O)[C@H]1CCCO1. The zero-order chi connectivity index (χ0) is 8.55. The normalized spacial score (nSPS) is 39.6. The number of carbonyl (C=O) groups is 1. The average molecular weight is 170 g/mol. The predicted molar refractivity (Wildman–Crippen MR) is 43.5 cm³/mol. The molecule has 2 rings (SSSR count). The van der Waals surface area contributed by atoms with Crippen molar-refractivity contribution in [1.82, 2.24) is 5.32 Å². The first-order chi connectivity index (χ1) is 5.77. The minimum atomic E-state index is -0.210. The van der Waals surface area contributed by atoms with Crippen molar-refractivity contribution in [2.45, 2.75) is 37.5 Å². The molecule has 0 spiro atoms. The van der Waals surface area contributed by atoms with E-state index < -0.39 is 0 Å². The zero-order valence-corrected chi connectivity index (χ0v) is 6.95. The van der Waals surface area contributed by atoms with E-state index in [1.165, 1.54) is 0 Å². The molecule has 0 bridgehead atoms. The third kappa shape index (κ3) is 1.59. The van der Waals surface area contributed by atoms with Crippen LogP contribution in [0.3, 0.4) is 0 Å². The molecular formula is C8H14N2O2. The van der Waals surface area contributed by atoms with Gasteiger partial charge in [-0.25, -0.2) is 0 Å². The molecule has 68 valence electrons. The van der Waals surface area contributed by atoms with Gasteiger partial charge in [0.15, 0.2) is 0 Å². The Labute approximate surface area is 71.4 Å². The Kier molecular flexibility index (Phi) is 2.02. The molecule has 4 nitrogen and oxygen atoms in total. The molecule has 0 aromatic rings. The highest BCUT2D eigenvalue weighted by Crippen LogP contribution is 2.19. The second kappa shape index (κ2) is 3.03. The topological polar surface area (TPSA) is 64.3 Å². The summed E-state index contributed by atoms with van der Waals surface area (Å²) in [6.07, 6.45) is 2.55. The van der Waals surface area contributed by atoms with E-state index in [0.717, 1.165) is 25.9 Å². The molecule has 3 N–H and O–H groups in total. The van der Waals surface area contributed by atoms with Crippen molar-refractivity contribution in [1.29, 1.82) is 0 Å². The minimum absolute atomic E-state index is 0.0189. The van der Waals surface area contributed by atoms with Gasteiger partial charge in [-0.05, 0) is 19.3 Å². The molecule has 4 heteroatoms. The Morgan fingerprint density at radius 1 is 1.58 bits per heavy atom. The molecule has 0 aromatic heterocycles.